The molecule has 0 atom stereocenters. The summed E-state index contributed by atoms with van der Waals surface area (Å²) in [6, 6.07) is 4.47. The SMILES string of the molecule is C=CCN(CCO)C(=O)Cc1ccc(C(F)(F)F)cc1. The van der Waals surface area contributed by atoms with Crippen LogP contribution in [-0.2, 0) is 17.4 Å². The zero-order valence-electron chi connectivity index (χ0n) is 10.9. The van der Waals surface area contributed by atoms with Gasteiger partial charge >= 0.3 is 6.18 Å². The van der Waals surface area contributed by atoms with Crippen LogP contribution >= 0.6 is 0 Å². The zero-order chi connectivity index (χ0) is 15.2. The Hall–Kier alpha value is -1.82. The van der Waals surface area contributed by atoms with E-state index in [1.807, 2.05) is 0 Å². The standard InChI is InChI=1S/C14H16F3NO2/c1-2-7-18(8-9-19)13(20)10-11-3-5-12(6-4-11)14(15,16)17/h2-6,19H,1,7-10H2. The average Bonchev–Trinajstić information content (AvgIpc) is 2.38. The fraction of sp³-hybridized carbons (Fsp3) is 0.357. The minimum atomic E-state index is -4.38. The van der Waals surface area contributed by atoms with E-state index in [1.165, 1.54) is 23.1 Å². The molecule has 110 valence electrons. The summed E-state index contributed by atoms with van der Waals surface area (Å²) in [6.45, 7) is 3.80. The van der Waals surface area contributed by atoms with Gasteiger partial charge in [-0.1, -0.05) is 18.2 Å². The van der Waals surface area contributed by atoms with Crippen molar-refractivity contribution >= 4 is 5.91 Å². The molecule has 0 aliphatic heterocycles. The number of hydrogen-bond acceptors (Lipinski definition) is 2. The van der Waals surface area contributed by atoms with Gasteiger partial charge in [0.05, 0.1) is 18.6 Å². The summed E-state index contributed by atoms with van der Waals surface area (Å²) >= 11 is 0. The highest BCUT2D eigenvalue weighted by Gasteiger charge is 2.30. The van der Waals surface area contributed by atoms with Crippen molar-refractivity contribution in [1.29, 1.82) is 0 Å². The van der Waals surface area contributed by atoms with Crippen LogP contribution in [-0.4, -0.2) is 35.6 Å². The van der Waals surface area contributed by atoms with Crippen molar-refractivity contribution in [3.8, 4) is 0 Å². The highest BCUT2D eigenvalue weighted by Crippen LogP contribution is 2.29. The molecule has 0 unspecified atom stereocenters. The van der Waals surface area contributed by atoms with Crippen LogP contribution in [0.5, 0.6) is 0 Å². The summed E-state index contributed by atoms with van der Waals surface area (Å²) in [7, 11) is 0. The molecule has 1 aromatic carbocycles. The van der Waals surface area contributed by atoms with Gasteiger partial charge in [0.2, 0.25) is 5.91 Å². The van der Waals surface area contributed by atoms with Crippen molar-refractivity contribution in [1.82, 2.24) is 4.90 Å². The minimum Gasteiger partial charge on any atom is -0.395 e. The van der Waals surface area contributed by atoms with Gasteiger partial charge in [-0.2, -0.15) is 13.2 Å². The van der Waals surface area contributed by atoms with Crippen LogP contribution in [0.25, 0.3) is 0 Å². The Bertz CT molecular complexity index is 454. The normalized spacial score (nSPS) is 11.2. The number of carbonyl (C=O) groups excluding carboxylic acids is 1. The molecule has 1 amide bonds. The highest BCUT2D eigenvalue weighted by atomic mass is 19.4. The predicted octanol–water partition coefficient (Wildman–Crippen LogP) is 2.25. The maximum Gasteiger partial charge on any atom is 0.416 e. The molecule has 0 saturated heterocycles. The Kier molecular flexibility index (Phi) is 5.76. The second kappa shape index (κ2) is 7.09. The average molecular weight is 287 g/mol. The molecule has 0 bridgehead atoms. The smallest absolute Gasteiger partial charge is 0.395 e. The first kappa shape index (κ1) is 16.2. The van der Waals surface area contributed by atoms with Crippen LogP contribution in [0.4, 0.5) is 13.2 Å². The Labute approximate surface area is 115 Å². The van der Waals surface area contributed by atoms with E-state index in [2.05, 4.69) is 6.58 Å². The molecule has 0 aliphatic carbocycles. The number of amides is 1. The number of halogens is 3. The van der Waals surface area contributed by atoms with Gasteiger partial charge in [0, 0.05) is 13.1 Å². The van der Waals surface area contributed by atoms with Crippen LogP contribution < -0.4 is 0 Å². The lowest BCUT2D eigenvalue weighted by Gasteiger charge is -2.20. The van der Waals surface area contributed by atoms with E-state index in [-0.39, 0.29) is 25.5 Å². The summed E-state index contributed by atoms with van der Waals surface area (Å²) in [5.74, 6) is -0.265. The molecular formula is C14H16F3NO2. The molecule has 1 rings (SSSR count). The number of aliphatic hydroxyl groups is 1. The highest BCUT2D eigenvalue weighted by molar-refractivity contribution is 5.79. The van der Waals surface area contributed by atoms with Gasteiger partial charge in [0.15, 0.2) is 0 Å². The molecule has 0 spiro atoms. The van der Waals surface area contributed by atoms with Gasteiger partial charge in [-0.05, 0) is 17.7 Å². The molecule has 0 saturated carbocycles. The molecule has 0 aliphatic rings. The molecule has 6 heteroatoms. The van der Waals surface area contributed by atoms with Gasteiger partial charge in [-0.3, -0.25) is 4.79 Å². The molecular weight excluding hydrogens is 271 g/mol. The molecule has 0 fully saturated rings. The maximum atomic E-state index is 12.4. The van der Waals surface area contributed by atoms with Crippen molar-refractivity contribution in [2.45, 2.75) is 12.6 Å². The number of rotatable bonds is 6. The maximum absolute atomic E-state index is 12.4. The van der Waals surface area contributed by atoms with Gasteiger partial charge in [-0.25, -0.2) is 0 Å². The van der Waals surface area contributed by atoms with Crippen molar-refractivity contribution in [2.24, 2.45) is 0 Å². The molecule has 1 N–H and O–H groups in total. The molecule has 0 heterocycles. The van der Waals surface area contributed by atoms with Gasteiger partial charge < -0.3 is 10.0 Å². The van der Waals surface area contributed by atoms with Crippen LogP contribution in [0.2, 0.25) is 0 Å². The van der Waals surface area contributed by atoms with E-state index in [9.17, 15) is 18.0 Å². The van der Waals surface area contributed by atoms with Crippen molar-refractivity contribution in [3.05, 3.63) is 48.0 Å². The minimum absolute atomic E-state index is 0.00796. The second-order valence-corrected chi connectivity index (χ2v) is 4.22. The van der Waals surface area contributed by atoms with Gasteiger partial charge in [0.25, 0.3) is 0 Å². The lowest BCUT2D eigenvalue weighted by atomic mass is 10.1. The van der Waals surface area contributed by atoms with Crippen molar-refractivity contribution < 1.29 is 23.1 Å². The summed E-state index contributed by atoms with van der Waals surface area (Å²) in [6.07, 6.45) is -2.86. The number of benzene rings is 1. The van der Waals surface area contributed by atoms with Crippen LogP contribution in [0.1, 0.15) is 11.1 Å². The first-order valence-electron chi connectivity index (χ1n) is 6.04. The lowest BCUT2D eigenvalue weighted by molar-refractivity contribution is -0.137. The Morgan fingerprint density at radius 3 is 2.35 bits per heavy atom. The summed E-state index contributed by atoms with van der Waals surface area (Å²) in [5.41, 5.74) is -0.248. The van der Waals surface area contributed by atoms with Crippen LogP contribution in [0, 0.1) is 0 Å². The lowest BCUT2D eigenvalue weighted by Crippen LogP contribution is -2.34. The Morgan fingerprint density at radius 2 is 1.90 bits per heavy atom. The molecule has 0 aromatic heterocycles. The first-order chi connectivity index (χ1) is 9.38. The van der Waals surface area contributed by atoms with Gasteiger partial charge in [-0.15, -0.1) is 6.58 Å². The first-order valence-corrected chi connectivity index (χ1v) is 6.04. The number of hydrogen-bond donors (Lipinski definition) is 1. The molecule has 20 heavy (non-hydrogen) atoms. The monoisotopic (exact) mass is 287 g/mol. The Balaban J connectivity index is 2.72. The van der Waals surface area contributed by atoms with E-state index in [0.717, 1.165) is 12.1 Å². The third-order valence-corrected chi connectivity index (χ3v) is 2.71. The quantitative estimate of drug-likeness (QED) is 0.815. The van der Waals surface area contributed by atoms with Crippen molar-refractivity contribution in [2.75, 3.05) is 19.7 Å². The number of alkyl halides is 3. The van der Waals surface area contributed by atoms with E-state index < -0.39 is 11.7 Å². The summed E-state index contributed by atoms with van der Waals surface area (Å²) in [4.78, 5) is 13.3. The number of carbonyl (C=O) groups is 1. The van der Waals surface area contributed by atoms with Crippen molar-refractivity contribution in [3.63, 3.8) is 0 Å². The van der Waals surface area contributed by atoms with Crippen LogP contribution in [0.15, 0.2) is 36.9 Å². The second-order valence-electron chi connectivity index (χ2n) is 4.22. The molecule has 3 nitrogen and oxygen atoms in total. The summed E-state index contributed by atoms with van der Waals surface area (Å²) < 4.78 is 37.2. The molecule has 1 aromatic rings. The third kappa shape index (κ3) is 4.70. The molecule has 0 radical (unpaired) electrons. The fourth-order valence-corrected chi connectivity index (χ4v) is 1.69. The van der Waals surface area contributed by atoms with E-state index in [0.29, 0.717) is 12.1 Å². The van der Waals surface area contributed by atoms with E-state index >= 15 is 0 Å². The largest absolute Gasteiger partial charge is 0.416 e. The number of nitrogens with zero attached hydrogens (tertiary/aromatic N) is 1. The topological polar surface area (TPSA) is 40.5 Å². The third-order valence-electron chi connectivity index (χ3n) is 2.71. The summed E-state index contributed by atoms with van der Waals surface area (Å²) in [5, 5.41) is 8.85. The number of aliphatic hydroxyl groups excluding tert-OH is 1. The van der Waals surface area contributed by atoms with Gasteiger partial charge in [0.1, 0.15) is 0 Å². The fourth-order valence-electron chi connectivity index (χ4n) is 1.69. The predicted molar refractivity (Wildman–Crippen MR) is 69.0 cm³/mol. The zero-order valence-corrected chi connectivity index (χ0v) is 10.9. The van der Waals surface area contributed by atoms with Crippen LogP contribution in [0.3, 0.4) is 0 Å². The Morgan fingerprint density at radius 1 is 1.30 bits per heavy atom. The van der Waals surface area contributed by atoms with E-state index in [4.69, 9.17) is 5.11 Å². The van der Waals surface area contributed by atoms with E-state index in [1.54, 1.807) is 0 Å².